The molecule has 10 heteroatoms. The van der Waals surface area contributed by atoms with Crippen molar-refractivity contribution < 1.29 is 19.1 Å². The Hall–Kier alpha value is -3.11. The Morgan fingerprint density at radius 1 is 1.25 bits per heavy atom. The number of carbonyl (C=O) groups is 2. The Kier molecular flexibility index (Phi) is 9.33. The van der Waals surface area contributed by atoms with E-state index in [0.717, 1.165) is 21.8 Å². The van der Waals surface area contributed by atoms with Crippen molar-refractivity contribution in [3.63, 3.8) is 0 Å². The van der Waals surface area contributed by atoms with Gasteiger partial charge in [-0.2, -0.15) is 0 Å². The summed E-state index contributed by atoms with van der Waals surface area (Å²) in [6, 6.07) is 6.03. The molecule has 3 aromatic rings. The van der Waals surface area contributed by atoms with Gasteiger partial charge in [0.15, 0.2) is 17.1 Å². The van der Waals surface area contributed by atoms with Gasteiger partial charge in [-0.25, -0.2) is 4.79 Å². The second-order valence-corrected chi connectivity index (χ2v) is 10.5. The number of ether oxygens (including phenoxy) is 2. The number of anilines is 1. The molecule has 1 unspecified atom stereocenters. The van der Waals surface area contributed by atoms with Crippen molar-refractivity contribution in [3.8, 4) is 5.75 Å². The van der Waals surface area contributed by atoms with Gasteiger partial charge in [-0.05, 0) is 58.7 Å². The number of aromatic nitrogens is 3. The highest BCUT2D eigenvalue weighted by molar-refractivity contribution is 7.99. The Morgan fingerprint density at radius 3 is 2.67 bits per heavy atom. The maximum absolute atomic E-state index is 12.8. The van der Waals surface area contributed by atoms with Gasteiger partial charge in [0.05, 0.1) is 17.9 Å². The van der Waals surface area contributed by atoms with E-state index in [2.05, 4.69) is 28.2 Å². The fourth-order valence-corrected chi connectivity index (χ4v) is 5.46. The predicted molar refractivity (Wildman–Crippen MR) is 144 cm³/mol. The van der Waals surface area contributed by atoms with Gasteiger partial charge in [0.2, 0.25) is 5.91 Å². The van der Waals surface area contributed by atoms with E-state index < -0.39 is 5.97 Å². The highest BCUT2D eigenvalue weighted by atomic mass is 32.2. The number of thioether (sulfide) groups is 1. The zero-order valence-corrected chi connectivity index (χ0v) is 23.1. The lowest BCUT2D eigenvalue weighted by Gasteiger charge is -2.17. The van der Waals surface area contributed by atoms with E-state index in [1.165, 1.54) is 28.7 Å². The zero-order valence-electron chi connectivity index (χ0n) is 21.5. The Balaban J connectivity index is 1.72. The van der Waals surface area contributed by atoms with Gasteiger partial charge in [0.1, 0.15) is 10.8 Å². The summed E-state index contributed by atoms with van der Waals surface area (Å²) in [5.41, 5.74) is 3.44. The number of hydrogen-bond acceptors (Lipinski definition) is 8. The summed E-state index contributed by atoms with van der Waals surface area (Å²) in [6.07, 6.45) is 1.40. The van der Waals surface area contributed by atoms with Crippen molar-refractivity contribution in [2.75, 3.05) is 17.7 Å². The average molecular weight is 529 g/mol. The molecule has 1 amide bonds. The summed E-state index contributed by atoms with van der Waals surface area (Å²) in [5, 5.41) is 12.6. The fraction of sp³-hybridized carbons (Fsp3) is 0.385. The van der Waals surface area contributed by atoms with Crippen LogP contribution in [0, 0.1) is 27.7 Å². The normalized spacial score (nSPS) is 11.7. The van der Waals surface area contributed by atoms with Gasteiger partial charge in [-0.1, -0.05) is 35.5 Å². The molecule has 0 aliphatic carbocycles. The van der Waals surface area contributed by atoms with Crippen molar-refractivity contribution in [1.29, 1.82) is 0 Å². The first-order chi connectivity index (χ1) is 17.2. The first kappa shape index (κ1) is 27.5. The van der Waals surface area contributed by atoms with Gasteiger partial charge >= 0.3 is 5.97 Å². The van der Waals surface area contributed by atoms with Crippen LogP contribution in [0.2, 0.25) is 0 Å². The van der Waals surface area contributed by atoms with Crippen LogP contribution in [0.1, 0.15) is 57.7 Å². The number of thiophene rings is 1. The molecular weight excluding hydrogens is 496 g/mol. The molecule has 1 N–H and O–H groups in total. The number of allylic oxidation sites excluding steroid dienone is 1. The van der Waals surface area contributed by atoms with Crippen molar-refractivity contribution in [2.45, 2.75) is 59.3 Å². The summed E-state index contributed by atoms with van der Waals surface area (Å²) < 4.78 is 13.2. The molecule has 3 rings (SSSR count). The quantitative estimate of drug-likeness (QED) is 0.191. The van der Waals surface area contributed by atoms with E-state index >= 15 is 0 Å². The lowest BCUT2D eigenvalue weighted by Crippen LogP contribution is -2.17. The molecular formula is C26H32N4O4S2. The van der Waals surface area contributed by atoms with Gasteiger partial charge in [0.25, 0.3) is 0 Å². The number of carbonyl (C=O) groups excluding carboxylic acids is 2. The Labute approximate surface area is 220 Å². The molecule has 0 saturated carbocycles. The van der Waals surface area contributed by atoms with E-state index in [1.807, 2.05) is 51.3 Å². The maximum atomic E-state index is 12.8. The molecule has 1 atom stereocenters. The molecule has 0 aliphatic heterocycles. The van der Waals surface area contributed by atoms with Crippen molar-refractivity contribution in [1.82, 2.24) is 14.8 Å². The molecule has 8 nitrogen and oxygen atoms in total. The SMILES string of the molecule is C=CCn1c(SCC(=O)Nc2sc(C)c(C)c2C(=O)OCC)nnc1C(C)Oc1ccc(C)cc1C. The van der Waals surface area contributed by atoms with E-state index in [-0.39, 0.29) is 24.4 Å². The van der Waals surface area contributed by atoms with Gasteiger partial charge in [0, 0.05) is 11.4 Å². The number of benzene rings is 1. The molecule has 192 valence electrons. The minimum absolute atomic E-state index is 0.0971. The van der Waals surface area contributed by atoms with Gasteiger partial charge in [-0.15, -0.1) is 28.1 Å². The van der Waals surface area contributed by atoms with Crippen molar-refractivity contribution in [3.05, 3.63) is 63.8 Å². The monoisotopic (exact) mass is 528 g/mol. The molecule has 0 spiro atoms. The number of rotatable bonds is 11. The van der Waals surface area contributed by atoms with Crippen LogP contribution in [0.25, 0.3) is 0 Å². The van der Waals surface area contributed by atoms with E-state index in [1.54, 1.807) is 13.0 Å². The predicted octanol–water partition coefficient (Wildman–Crippen LogP) is 5.81. The third-order valence-corrected chi connectivity index (χ3v) is 7.59. The first-order valence-corrected chi connectivity index (χ1v) is 13.4. The zero-order chi connectivity index (χ0) is 26.4. The minimum atomic E-state index is -0.435. The van der Waals surface area contributed by atoms with Gasteiger partial charge < -0.3 is 14.8 Å². The van der Waals surface area contributed by atoms with Gasteiger partial charge in [-0.3, -0.25) is 9.36 Å². The highest BCUT2D eigenvalue weighted by Crippen LogP contribution is 2.33. The van der Waals surface area contributed by atoms with Crippen LogP contribution in [-0.2, 0) is 16.1 Å². The number of nitrogens with one attached hydrogen (secondary N) is 1. The number of aryl methyl sites for hydroxylation is 3. The lowest BCUT2D eigenvalue weighted by molar-refractivity contribution is -0.113. The molecule has 0 bridgehead atoms. The number of amides is 1. The largest absolute Gasteiger partial charge is 0.482 e. The van der Waals surface area contributed by atoms with Crippen LogP contribution < -0.4 is 10.1 Å². The average Bonchev–Trinajstić information content (AvgIpc) is 3.34. The van der Waals surface area contributed by atoms with Crippen LogP contribution in [0.15, 0.2) is 36.0 Å². The third kappa shape index (κ3) is 6.36. The molecule has 0 radical (unpaired) electrons. The highest BCUT2D eigenvalue weighted by Gasteiger charge is 2.23. The standard InChI is InChI=1S/C26H32N4O4S2/c1-8-12-30-23(18(6)34-20-11-10-15(3)13-16(20)4)28-29-26(30)35-14-21(31)27-24-22(25(32)33-9-2)17(5)19(7)36-24/h8,10-11,13,18H,1,9,12,14H2,2-7H3,(H,27,31). The van der Waals surface area contributed by atoms with Crippen LogP contribution in [-0.4, -0.2) is 39.0 Å². The van der Waals surface area contributed by atoms with Crippen molar-refractivity contribution in [2.24, 2.45) is 0 Å². The molecule has 0 fully saturated rings. The number of nitrogens with zero attached hydrogens (tertiary/aromatic N) is 3. The topological polar surface area (TPSA) is 95.3 Å². The molecule has 36 heavy (non-hydrogen) atoms. The van der Waals surface area contributed by atoms with Crippen LogP contribution >= 0.6 is 23.1 Å². The molecule has 0 saturated heterocycles. The Bertz CT molecular complexity index is 1270. The number of hydrogen-bond donors (Lipinski definition) is 1. The maximum Gasteiger partial charge on any atom is 0.341 e. The summed E-state index contributed by atoms with van der Waals surface area (Å²) >= 11 is 2.62. The molecule has 1 aromatic carbocycles. The third-order valence-electron chi connectivity index (χ3n) is 5.51. The molecule has 2 aromatic heterocycles. The summed E-state index contributed by atoms with van der Waals surface area (Å²) in [7, 11) is 0. The summed E-state index contributed by atoms with van der Waals surface area (Å²) in [6.45, 7) is 16.1. The van der Waals surface area contributed by atoms with Crippen LogP contribution in [0.3, 0.4) is 0 Å². The van der Waals surface area contributed by atoms with Crippen LogP contribution in [0.5, 0.6) is 5.75 Å². The summed E-state index contributed by atoms with van der Waals surface area (Å²) in [5.74, 6) is 0.844. The minimum Gasteiger partial charge on any atom is -0.482 e. The van der Waals surface area contributed by atoms with E-state index in [0.29, 0.717) is 28.1 Å². The Morgan fingerprint density at radius 2 is 2.00 bits per heavy atom. The fourth-order valence-electron chi connectivity index (χ4n) is 3.64. The first-order valence-electron chi connectivity index (χ1n) is 11.6. The lowest BCUT2D eigenvalue weighted by atomic mass is 10.1. The number of esters is 1. The molecule has 2 heterocycles. The van der Waals surface area contributed by atoms with Crippen molar-refractivity contribution >= 4 is 40.0 Å². The van der Waals surface area contributed by atoms with E-state index in [4.69, 9.17) is 9.47 Å². The smallest absolute Gasteiger partial charge is 0.341 e. The van der Waals surface area contributed by atoms with E-state index in [9.17, 15) is 9.59 Å². The summed E-state index contributed by atoms with van der Waals surface area (Å²) in [4.78, 5) is 26.1. The second-order valence-electron chi connectivity index (χ2n) is 8.31. The van der Waals surface area contributed by atoms with Crippen LogP contribution in [0.4, 0.5) is 5.00 Å². The second kappa shape index (κ2) is 12.2. The molecule has 0 aliphatic rings.